The van der Waals surface area contributed by atoms with Gasteiger partial charge in [0.1, 0.15) is 0 Å². The Morgan fingerprint density at radius 3 is 2.78 bits per heavy atom. The van der Waals surface area contributed by atoms with Gasteiger partial charge in [-0.3, -0.25) is 0 Å². The van der Waals surface area contributed by atoms with E-state index in [-0.39, 0.29) is 0 Å². The maximum Gasteiger partial charge on any atom is 0.0482 e. The number of aromatic nitrogens is 1. The van der Waals surface area contributed by atoms with Gasteiger partial charge in [-0.2, -0.15) is 0 Å². The summed E-state index contributed by atoms with van der Waals surface area (Å²) in [5.41, 5.74) is 4.29. The molecule has 18 heavy (non-hydrogen) atoms. The number of rotatable bonds is 2. The van der Waals surface area contributed by atoms with Crippen molar-refractivity contribution in [3.8, 4) is 0 Å². The van der Waals surface area contributed by atoms with Crippen LogP contribution in [0.5, 0.6) is 0 Å². The van der Waals surface area contributed by atoms with Crippen molar-refractivity contribution in [2.75, 3.05) is 0 Å². The van der Waals surface area contributed by atoms with Crippen molar-refractivity contribution in [1.29, 1.82) is 0 Å². The number of para-hydroxylation sites is 1. The number of hydrogen-bond acceptors (Lipinski definition) is 0. The molecule has 1 aromatic heterocycles. The molecule has 0 spiro atoms. The van der Waals surface area contributed by atoms with Crippen LogP contribution in [0.25, 0.3) is 16.5 Å². The van der Waals surface area contributed by atoms with Gasteiger partial charge in [0.05, 0.1) is 0 Å². The quantitative estimate of drug-likeness (QED) is 0.711. The van der Waals surface area contributed by atoms with Crippen molar-refractivity contribution in [3.63, 3.8) is 0 Å². The molecule has 1 aliphatic rings. The third-order valence-corrected chi connectivity index (χ3v) is 4.38. The molecule has 1 heteroatoms. The maximum absolute atomic E-state index is 2.46. The fourth-order valence-corrected chi connectivity index (χ4v) is 3.09. The van der Waals surface area contributed by atoms with Gasteiger partial charge in [0, 0.05) is 23.6 Å². The molecule has 0 bridgehead atoms. The lowest BCUT2D eigenvalue weighted by molar-refractivity contribution is 0.470. The minimum Gasteiger partial charge on any atom is -0.344 e. The largest absolute Gasteiger partial charge is 0.344 e. The standard InChI is InChI=1S/C17H21N/c1-3-13-8-10-14(11-9-13)17-12-15-6-4-5-7-16(15)18(17)2/h4-7,10,12-13H,3,8-9,11H2,1-2H3. The summed E-state index contributed by atoms with van der Waals surface area (Å²) in [5.74, 6) is 0.906. The summed E-state index contributed by atoms with van der Waals surface area (Å²) < 4.78 is 2.34. The first kappa shape index (κ1) is 11.6. The summed E-state index contributed by atoms with van der Waals surface area (Å²) in [7, 11) is 2.18. The van der Waals surface area contributed by atoms with E-state index in [1.165, 1.54) is 42.3 Å². The number of fused-ring (bicyclic) bond motifs is 1. The van der Waals surface area contributed by atoms with Crippen LogP contribution in [0.2, 0.25) is 0 Å². The predicted molar refractivity (Wildman–Crippen MR) is 78.5 cm³/mol. The van der Waals surface area contributed by atoms with Crippen molar-refractivity contribution >= 4 is 16.5 Å². The van der Waals surface area contributed by atoms with Crippen LogP contribution in [0.15, 0.2) is 36.4 Å². The zero-order chi connectivity index (χ0) is 12.5. The van der Waals surface area contributed by atoms with Crippen LogP contribution in [0, 0.1) is 5.92 Å². The van der Waals surface area contributed by atoms with E-state index in [2.05, 4.69) is 54.9 Å². The SMILES string of the molecule is CCC1CC=C(c2cc3ccccc3n2C)CC1. The zero-order valence-electron chi connectivity index (χ0n) is 11.3. The van der Waals surface area contributed by atoms with Gasteiger partial charge in [-0.15, -0.1) is 0 Å². The Bertz CT molecular complexity index is 589. The number of benzene rings is 1. The van der Waals surface area contributed by atoms with E-state index >= 15 is 0 Å². The maximum atomic E-state index is 2.46. The van der Waals surface area contributed by atoms with E-state index in [1.54, 1.807) is 5.57 Å². The van der Waals surface area contributed by atoms with E-state index < -0.39 is 0 Å². The lowest BCUT2D eigenvalue weighted by Gasteiger charge is -2.21. The monoisotopic (exact) mass is 239 g/mol. The molecule has 0 fully saturated rings. The first-order valence-electron chi connectivity index (χ1n) is 7.03. The minimum atomic E-state index is 0.906. The van der Waals surface area contributed by atoms with E-state index in [0.717, 1.165) is 5.92 Å². The van der Waals surface area contributed by atoms with Crippen LogP contribution in [-0.4, -0.2) is 4.57 Å². The summed E-state index contributed by atoms with van der Waals surface area (Å²) >= 11 is 0. The van der Waals surface area contributed by atoms with Gasteiger partial charge in [-0.05, 0) is 42.9 Å². The molecule has 1 aliphatic carbocycles. The Morgan fingerprint density at radius 1 is 1.28 bits per heavy atom. The molecule has 1 unspecified atom stereocenters. The Labute approximate surface area is 109 Å². The van der Waals surface area contributed by atoms with Gasteiger partial charge in [0.15, 0.2) is 0 Å². The van der Waals surface area contributed by atoms with E-state index in [9.17, 15) is 0 Å². The molecule has 94 valence electrons. The molecular formula is C17H21N. The molecular weight excluding hydrogens is 218 g/mol. The Hall–Kier alpha value is -1.50. The number of nitrogens with zero attached hydrogens (tertiary/aromatic N) is 1. The molecule has 0 aliphatic heterocycles. The highest BCUT2D eigenvalue weighted by Gasteiger charge is 2.16. The second-order valence-electron chi connectivity index (χ2n) is 5.43. The average molecular weight is 239 g/mol. The highest BCUT2D eigenvalue weighted by atomic mass is 14.9. The Morgan fingerprint density at radius 2 is 2.11 bits per heavy atom. The second kappa shape index (κ2) is 4.64. The van der Waals surface area contributed by atoms with E-state index in [1.807, 2.05) is 0 Å². The highest BCUT2D eigenvalue weighted by Crippen LogP contribution is 2.33. The summed E-state index contributed by atoms with van der Waals surface area (Å²) in [6.07, 6.45) is 7.63. The fourth-order valence-electron chi connectivity index (χ4n) is 3.09. The van der Waals surface area contributed by atoms with Crippen molar-refractivity contribution in [1.82, 2.24) is 4.57 Å². The van der Waals surface area contributed by atoms with E-state index in [4.69, 9.17) is 0 Å². The molecule has 0 amide bonds. The van der Waals surface area contributed by atoms with Crippen LogP contribution in [0.1, 0.15) is 38.3 Å². The summed E-state index contributed by atoms with van der Waals surface area (Å²) in [6.45, 7) is 2.31. The van der Waals surface area contributed by atoms with Gasteiger partial charge in [0.2, 0.25) is 0 Å². The van der Waals surface area contributed by atoms with Gasteiger partial charge >= 0.3 is 0 Å². The first-order chi connectivity index (χ1) is 8.79. The third-order valence-electron chi connectivity index (χ3n) is 4.38. The molecule has 0 radical (unpaired) electrons. The number of hydrogen-bond donors (Lipinski definition) is 0. The summed E-state index contributed by atoms with van der Waals surface area (Å²) in [4.78, 5) is 0. The molecule has 1 atom stereocenters. The van der Waals surface area contributed by atoms with Gasteiger partial charge in [-0.1, -0.05) is 37.6 Å². The van der Waals surface area contributed by atoms with Gasteiger partial charge < -0.3 is 4.57 Å². The highest BCUT2D eigenvalue weighted by molar-refractivity contribution is 5.85. The van der Waals surface area contributed by atoms with Crippen LogP contribution < -0.4 is 0 Å². The fraction of sp³-hybridized carbons (Fsp3) is 0.412. The molecule has 3 rings (SSSR count). The van der Waals surface area contributed by atoms with Gasteiger partial charge in [0.25, 0.3) is 0 Å². The van der Waals surface area contributed by atoms with Crippen molar-refractivity contribution in [3.05, 3.63) is 42.1 Å². The predicted octanol–water partition coefficient (Wildman–Crippen LogP) is 4.77. The number of aryl methyl sites for hydroxylation is 1. The van der Waals surface area contributed by atoms with Crippen LogP contribution in [0.4, 0.5) is 0 Å². The molecule has 1 nitrogen and oxygen atoms in total. The third kappa shape index (κ3) is 1.88. The van der Waals surface area contributed by atoms with Crippen molar-refractivity contribution in [2.45, 2.75) is 32.6 Å². The van der Waals surface area contributed by atoms with Gasteiger partial charge in [-0.25, -0.2) is 0 Å². The van der Waals surface area contributed by atoms with Crippen LogP contribution in [0.3, 0.4) is 0 Å². The van der Waals surface area contributed by atoms with Crippen LogP contribution in [-0.2, 0) is 7.05 Å². The van der Waals surface area contributed by atoms with E-state index in [0.29, 0.717) is 0 Å². The van der Waals surface area contributed by atoms with Crippen LogP contribution >= 0.6 is 0 Å². The summed E-state index contributed by atoms with van der Waals surface area (Å²) in [6, 6.07) is 11.0. The molecule has 2 aromatic rings. The first-order valence-corrected chi connectivity index (χ1v) is 7.03. The lowest BCUT2D eigenvalue weighted by Crippen LogP contribution is -2.06. The Kier molecular flexibility index (Phi) is 2.99. The average Bonchev–Trinajstić information content (AvgIpc) is 2.77. The molecule has 0 N–H and O–H groups in total. The molecule has 0 saturated heterocycles. The lowest BCUT2D eigenvalue weighted by atomic mass is 9.87. The number of allylic oxidation sites excluding steroid dienone is 2. The Balaban J connectivity index is 2.00. The molecule has 1 aromatic carbocycles. The summed E-state index contributed by atoms with van der Waals surface area (Å²) in [5, 5.41) is 1.36. The smallest absolute Gasteiger partial charge is 0.0482 e. The zero-order valence-corrected chi connectivity index (χ0v) is 11.3. The van der Waals surface area contributed by atoms with Crippen molar-refractivity contribution < 1.29 is 0 Å². The topological polar surface area (TPSA) is 4.93 Å². The molecule has 1 heterocycles. The normalized spacial score (nSPS) is 20.1. The minimum absolute atomic E-state index is 0.906. The molecule has 0 saturated carbocycles. The van der Waals surface area contributed by atoms with Crippen molar-refractivity contribution in [2.24, 2.45) is 13.0 Å². The second-order valence-corrected chi connectivity index (χ2v) is 5.43.